The SMILES string of the molecule is COc1cc(C(=O)NC2(CN)CCCC2)cc(OC)c1OC(F)F. The number of amides is 1. The van der Waals surface area contributed by atoms with Gasteiger partial charge in [0, 0.05) is 12.1 Å². The lowest BCUT2D eigenvalue weighted by Crippen LogP contribution is -2.51. The average Bonchev–Trinajstić information content (AvgIpc) is 3.03. The van der Waals surface area contributed by atoms with Crippen LogP contribution in [0.3, 0.4) is 0 Å². The van der Waals surface area contributed by atoms with E-state index >= 15 is 0 Å². The molecule has 3 N–H and O–H groups in total. The molecule has 0 unspecified atom stereocenters. The molecule has 6 nitrogen and oxygen atoms in total. The summed E-state index contributed by atoms with van der Waals surface area (Å²) in [5, 5.41) is 2.96. The Morgan fingerprint density at radius 2 is 1.79 bits per heavy atom. The van der Waals surface area contributed by atoms with Crippen molar-refractivity contribution in [2.75, 3.05) is 20.8 Å². The van der Waals surface area contributed by atoms with Crippen LogP contribution in [0.5, 0.6) is 17.2 Å². The first-order valence-electron chi connectivity index (χ1n) is 7.68. The van der Waals surface area contributed by atoms with Crippen LogP contribution >= 0.6 is 0 Å². The monoisotopic (exact) mass is 344 g/mol. The largest absolute Gasteiger partial charge is 0.493 e. The third kappa shape index (κ3) is 3.87. The zero-order valence-electron chi connectivity index (χ0n) is 13.7. The van der Waals surface area contributed by atoms with Gasteiger partial charge in [-0.15, -0.1) is 0 Å². The van der Waals surface area contributed by atoms with E-state index in [1.54, 1.807) is 0 Å². The topological polar surface area (TPSA) is 82.8 Å². The number of carbonyl (C=O) groups excluding carboxylic acids is 1. The molecule has 134 valence electrons. The molecule has 1 aliphatic rings. The van der Waals surface area contributed by atoms with Crippen molar-refractivity contribution in [1.29, 1.82) is 0 Å². The van der Waals surface area contributed by atoms with Gasteiger partial charge < -0.3 is 25.3 Å². The summed E-state index contributed by atoms with van der Waals surface area (Å²) in [5.74, 6) is -0.621. The highest BCUT2D eigenvalue weighted by molar-refractivity contribution is 5.96. The van der Waals surface area contributed by atoms with Crippen LogP contribution in [0, 0.1) is 0 Å². The molecule has 0 radical (unpaired) electrons. The molecule has 0 saturated heterocycles. The summed E-state index contributed by atoms with van der Waals surface area (Å²) < 4.78 is 39.7. The first-order valence-corrected chi connectivity index (χ1v) is 7.68. The normalized spacial score (nSPS) is 16.1. The van der Waals surface area contributed by atoms with Crippen LogP contribution < -0.4 is 25.3 Å². The van der Waals surface area contributed by atoms with Crippen molar-refractivity contribution in [2.24, 2.45) is 5.73 Å². The van der Waals surface area contributed by atoms with Gasteiger partial charge in [-0.1, -0.05) is 12.8 Å². The van der Waals surface area contributed by atoms with E-state index in [1.807, 2.05) is 0 Å². The van der Waals surface area contributed by atoms with Gasteiger partial charge >= 0.3 is 6.61 Å². The predicted octanol–water partition coefficient (Wildman–Crippen LogP) is 2.31. The van der Waals surface area contributed by atoms with E-state index in [0.29, 0.717) is 6.54 Å². The molecule has 1 saturated carbocycles. The number of alkyl halides is 2. The summed E-state index contributed by atoms with van der Waals surface area (Å²) in [6.07, 6.45) is 3.64. The summed E-state index contributed by atoms with van der Waals surface area (Å²) in [4.78, 5) is 12.6. The van der Waals surface area contributed by atoms with Crippen molar-refractivity contribution >= 4 is 5.91 Å². The second-order valence-corrected chi connectivity index (χ2v) is 5.73. The first kappa shape index (κ1) is 18.3. The first-order chi connectivity index (χ1) is 11.4. The van der Waals surface area contributed by atoms with Crippen LogP contribution in [0.25, 0.3) is 0 Å². The molecule has 0 spiro atoms. The molecule has 0 aliphatic heterocycles. The molecule has 2 rings (SSSR count). The number of ether oxygens (including phenoxy) is 3. The lowest BCUT2D eigenvalue weighted by atomic mass is 9.97. The highest BCUT2D eigenvalue weighted by atomic mass is 19.3. The minimum Gasteiger partial charge on any atom is -0.493 e. The minimum atomic E-state index is -3.04. The van der Waals surface area contributed by atoms with Crippen LogP contribution in [-0.2, 0) is 0 Å². The second kappa shape index (κ2) is 7.65. The third-order valence-corrected chi connectivity index (χ3v) is 4.26. The average molecular weight is 344 g/mol. The van der Waals surface area contributed by atoms with E-state index in [0.717, 1.165) is 25.7 Å². The van der Waals surface area contributed by atoms with E-state index in [4.69, 9.17) is 15.2 Å². The maximum Gasteiger partial charge on any atom is 0.387 e. The summed E-state index contributed by atoms with van der Waals surface area (Å²) >= 11 is 0. The van der Waals surface area contributed by atoms with E-state index in [9.17, 15) is 13.6 Å². The summed E-state index contributed by atoms with van der Waals surface area (Å²) in [5.41, 5.74) is 5.62. The number of nitrogens with two attached hydrogens (primary N) is 1. The molecular weight excluding hydrogens is 322 g/mol. The van der Waals surface area contributed by atoms with Crippen LogP contribution in [0.15, 0.2) is 12.1 Å². The lowest BCUT2D eigenvalue weighted by molar-refractivity contribution is -0.0526. The van der Waals surface area contributed by atoms with Gasteiger partial charge in [-0.3, -0.25) is 4.79 Å². The molecule has 8 heteroatoms. The Bertz CT molecular complexity index is 564. The molecule has 0 bridgehead atoms. The zero-order chi connectivity index (χ0) is 17.7. The molecule has 24 heavy (non-hydrogen) atoms. The van der Waals surface area contributed by atoms with Gasteiger partial charge in [-0.2, -0.15) is 8.78 Å². The molecule has 0 atom stereocenters. The Morgan fingerprint density at radius 1 is 1.25 bits per heavy atom. The molecular formula is C16H22F2N2O4. The quantitative estimate of drug-likeness (QED) is 0.793. The Morgan fingerprint density at radius 3 is 2.21 bits per heavy atom. The van der Waals surface area contributed by atoms with Crippen molar-refractivity contribution in [2.45, 2.75) is 37.8 Å². The maximum absolute atomic E-state index is 12.6. The lowest BCUT2D eigenvalue weighted by Gasteiger charge is -2.29. The number of halogens is 2. The predicted molar refractivity (Wildman–Crippen MR) is 83.9 cm³/mol. The van der Waals surface area contributed by atoms with Crippen LogP contribution in [0.2, 0.25) is 0 Å². The van der Waals surface area contributed by atoms with E-state index in [2.05, 4.69) is 10.1 Å². The molecule has 1 fully saturated rings. The maximum atomic E-state index is 12.6. The van der Waals surface area contributed by atoms with Crippen LogP contribution in [0.1, 0.15) is 36.0 Å². The van der Waals surface area contributed by atoms with Gasteiger partial charge in [0.2, 0.25) is 5.75 Å². The number of hydrogen-bond acceptors (Lipinski definition) is 5. The summed E-state index contributed by atoms with van der Waals surface area (Å²) in [6, 6.07) is 2.68. The summed E-state index contributed by atoms with van der Waals surface area (Å²) in [6.45, 7) is -2.69. The number of hydrogen-bond donors (Lipinski definition) is 2. The number of nitrogens with one attached hydrogen (secondary N) is 1. The molecule has 1 aromatic carbocycles. The van der Waals surface area contributed by atoms with E-state index in [-0.39, 0.29) is 28.7 Å². The standard InChI is InChI=1S/C16H22F2N2O4/c1-22-11-7-10(8-12(23-2)13(11)24-15(17)18)14(21)20-16(9-19)5-3-4-6-16/h7-8,15H,3-6,9,19H2,1-2H3,(H,20,21). The number of carbonyl (C=O) groups is 1. The van der Waals surface area contributed by atoms with Crippen molar-refractivity contribution < 1.29 is 27.8 Å². The van der Waals surface area contributed by atoms with Gasteiger partial charge in [0.1, 0.15) is 0 Å². The Labute approximate surface area is 139 Å². The van der Waals surface area contributed by atoms with Crippen molar-refractivity contribution in [3.8, 4) is 17.2 Å². The fourth-order valence-electron chi connectivity index (χ4n) is 2.96. The Hall–Kier alpha value is -2.09. The van der Waals surface area contributed by atoms with E-state index < -0.39 is 12.2 Å². The highest BCUT2D eigenvalue weighted by Crippen LogP contribution is 2.40. The molecule has 1 aromatic rings. The van der Waals surface area contributed by atoms with Crippen LogP contribution in [0.4, 0.5) is 8.78 Å². The number of methoxy groups -OCH3 is 2. The smallest absolute Gasteiger partial charge is 0.387 e. The third-order valence-electron chi connectivity index (χ3n) is 4.26. The van der Waals surface area contributed by atoms with Gasteiger partial charge in [0.15, 0.2) is 11.5 Å². The molecule has 1 aliphatic carbocycles. The second-order valence-electron chi connectivity index (χ2n) is 5.73. The van der Waals surface area contributed by atoms with Gasteiger partial charge in [0.25, 0.3) is 5.91 Å². The Kier molecular flexibility index (Phi) is 5.82. The van der Waals surface area contributed by atoms with Crippen molar-refractivity contribution in [3.05, 3.63) is 17.7 Å². The summed E-state index contributed by atoms with van der Waals surface area (Å²) in [7, 11) is 2.60. The zero-order valence-corrected chi connectivity index (χ0v) is 13.7. The fraction of sp³-hybridized carbons (Fsp3) is 0.562. The van der Waals surface area contributed by atoms with Gasteiger partial charge in [-0.05, 0) is 25.0 Å². The van der Waals surface area contributed by atoms with Crippen molar-refractivity contribution in [1.82, 2.24) is 5.32 Å². The molecule has 0 heterocycles. The molecule has 0 aromatic heterocycles. The molecule has 1 amide bonds. The fourth-order valence-corrected chi connectivity index (χ4v) is 2.96. The Balaban J connectivity index is 2.31. The minimum absolute atomic E-state index is 0.00646. The number of rotatable bonds is 7. The van der Waals surface area contributed by atoms with Crippen molar-refractivity contribution in [3.63, 3.8) is 0 Å². The van der Waals surface area contributed by atoms with Crippen LogP contribution in [-0.4, -0.2) is 38.8 Å². The highest BCUT2D eigenvalue weighted by Gasteiger charge is 2.34. The number of benzene rings is 1. The van der Waals surface area contributed by atoms with E-state index in [1.165, 1.54) is 26.4 Å². The van der Waals surface area contributed by atoms with Gasteiger partial charge in [-0.25, -0.2) is 0 Å². The van der Waals surface area contributed by atoms with Gasteiger partial charge in [0.05, 0.1) is 19.8 Å².